The molecular formula is C13H15ClO4. The van der Waals surface area contributed by atoms with Gasteiger partial charge < -0.3 is 14.6 Å². The zero-order chi connectivity index (χ0) is 13.1. The molecule has 0 amide bonds. The number of hydrogen-bond acceptors (Lipinski definition) is 3. The van der Waals surface area contributed by atoms with Gasteiger partial charge in [-0.15, -0.1) is 0 Å². The molecule has 1 aromatic rings. The van der Waals surface area contributed by atoms with E-state index in [4.69, 9.17) is 26.2 Å². The van der Waals surface area contributed by atoms with Gasteiger partial charge >= 0.3 is 5.97 Å². The summed E-state index contributed by atoms with van der Waals surface area (Å²) in [4.78, 5) is 10.8. The lowest BCUT2D eigenvalue weighted by Gasteiger charge is -2.27. The number of carboxylic acids is 1. The summed E-state index contributed by atoms with van der Waals surface area (Å²) in [7, 11) is 0. The van der Waals surface area contributed by atoms with Gasteiger partial charge in [0.1, 0.15) is 11.9 Å². The Morgan fingerprint density at radius 2 is 2.33 bits per heavy atom. The highest BCUT2D eigenvalue weighted by Crippen LogP contribution is 2.28. The first-order valence-electron chi connectivity index (χ1n) is 5.82. The van der Waals surface area contributed by atoms with E-state index in [1.165, 1.54) is 0 Å². The minimum atomic E-state index is -0.807. The molecule has 1 atom stereocenters. The van der Waals surface area contributed by atoms with E-state index >= 15 is 0 Å². The molecule has 5 heteroatoms. The molecule has 1 heterocycles. The SMILES string of the molecule is CC(Cc1ccc(OC2COC2)c(Cl)c1)C(=O)O. The number of rotatable bonds is 5. The first kappa shape index (κ1) is 13.2. The van der Waals surface area contributed by atoms with E-state index in [2.05, 4.69) is 0 Å². The van der Waals surface area contributed by atoms with Crippen molar-refractivity contribution in [2.75, 3.05) is 13.2 Å². The molecule has 0 saturated carbocycles. The van der Waals surface area contributed by atoms with Gasteiger partial charge in [0.2, 0.25) is 0 Å². The second-order valence-corrected chi connectivity index (χ2v) is 4.89. The molecule has 1 saturated heterocycles. The Labute approximate surface area is 110 Å². The standard InChI is InChI=1S/C13H15ClO4/c1-8(13(15)16)4-9-2-3-12(11(14)5-9)18-10-6-17-7-10/h2-3,5,8,10H,4,6-7H2,1H3,(H,15,16). The Morgan fingerprint density at radius 1 is 1.61 bits per heavy atom. The largest absolute Gasteiger partial charge is 0.484 e. The maximum atomic E-state index is 10.8. The average Bonchev–Trinajstić information content (AvgIpc) is 2.25. The van der Waals surface area contributed by atoms with Crippen LogP contribution in [0.15, 0.2) is 18.2 Å². The van der Waals surface area contributed by atoms with E-state index in [0.29, 0.717) is 30.4 Å². The van der Waals surface area contributed by atoms with Crippen molar-refractivity contribution >= 4 is 17.6 Å². The van der Waals surface area contributed by atoms with Crippen molar-refractivity contribution in [2.24, 2.45) is 5.92 Å². The summed E-state index contributed by atoms with van der Waals surface area (Å²) >= 11 is 6.10. The van der Waals surface area contributed by atoms with E-state index in [1.54, 1.807) is 19.1 Å². The maximum absolute atomic E-state index is 10.8. The second-order valence-electron chi connectivity index (χ2n) is 4.49. The van der Waals surface area contributed by atoms with Crippen LogP contribution >= 0.6 is 11.6 Å². The zero-order valence-corrected chi connectivity index (χ0v) is 10.8. The normalized spacial score (nSPS) is 17.0. The highest BCUT2D eigenvalue weighted by molar-refractivity contribution is 6.32. The van der Waals surface area contributed by atoms with E-state index < -0.39 is 11.9 Å². The summed E-state index contributed by atoms with van der Waals surface area (Å²) in [5.41, 5.74) is 0.895. The van der Waals surface area contributed by atoms with Crippen LogP contribution in [0.5, 0.6) is 5.75 Å². The summed E-state index contributed by atoms with van der Waals surface area (Å²) in [6.07, 6.45) is 0.535. The zero-order valence-electron chi connectivity index (χ0n) is 10.1. The first-order valence-corrected chi connectivity index (χ1v) is 6.19. The molecule has 0 radical (unpaired) electrons. The van der Waals surface area contributed by atoms with Crippen LogP contribution in [0.1, 0.15) is 12.5 Å². The molecule has 2 rings (SSSR count). The van der Waals surface area contributed by atoms with Gasteiger partial charge in [0.25, 0.3) is 0 Å². The molecule has 1 aliphatic rings. The number of carboxylic acid groups (broad SMARTS) is 1. The third-order valence-corrected chi connectivity index (χ3v) is 3.16. The van der Waals surface area contributed by atoms with Crippen molar-refractivity contribution in [1.29, 1.82) is 0 Å². The van der Waals surface area contributed by atoms with Gasteiger partial charge in [-0.1, -0.05) is 24.6 Å². The van der Waals surface area contributed by atoms with E-state index in [-0.39, 0.29) is 6.10 Å². The van der Waals surface area contributed by atoms with Crippen molar-refractivity contribution < 1.29 is 19.4 Å². The minimum absolute atomic E-state index is 0.0753. The van der Waals surface area contributed by atoms with Gasteiger partial charge in [-0.25, -0.2) is 0 Å². The maximum Gasteiger partial charge on any atom is 0.306 e. The van der Waals surface area contributed by atoms with Crippen molar-refractivity contribution in [2.45, 2.75) is 19.4 Å². The van der Waals surface area contributed by atoms with Gasteiger partial charge in [-0.2, -0.15) is 0 Å². The number of benzene rings is 1. The van der Waals surface area contributed by atoms with Crippen LogP contribution in [-0.2, 0) is 16.0 Å². The van der Waals surface area contributed by atoms with E-state index in [0.717, 1.165) is 5.56 Å². The smallest absolute Gasteiger partial charge is 0.306 e. The van der Waals surface area contributed by atoms with Gasteiger partial charge in [0, 0.05) is 0 Å². The number of carbonyl (C=O) groups is 1. The molecule has 0 bridgehead atoms. The van der Waals surface area contributed by atoms with Gasteiger partial charge in [-0.05, 0) is 24.1 Å². The van der Waals surface area contributed by atoms with Crippen LogP contribution < -0.4 is 4.74 Å². The van der Waals surface area contributed by atoms with Gasteiger partial charge in [0.05, 0.1) is 24.2 Å². The molecule has 18 heavy (non-hydrogen) atoms. The molecule has 0 aromatic heterocycles. The Balaban J connectivity index is 2.01. The molecule has 1 aromatic carbocycles. The summed E-state index contributed by atoms with van der Waals surface area (Å²) in [5, 5.41) is 9.37. The third kappa shape index (κ3) is 3.15. The number of hydrogen-bond donors (Lipinski definition) is 1. The monoisotopic (exact) mass is 270 g/mol. The van der Waals surface area contributed by atoms with Crippen LogP contribution in [-0.4, -0.2) is 30.4 Å². The average molecular weight is 271 g/mol. The Morgan fingerprint density at radius 3 is 2.83 bits per heavy atom. The van der Waals surface area contributed by atoms with E-state index in [1.807, 2.05) is 6.07 Å². The predicted molar refractivity (Wildman–Crippen MR) is 67.2 cm³/mol. The molecule has 0 aliphatic carbocycles. The van der Waals surface area contributed by atoms with Crippen LogP contribution in [0.25, 0.3) is 0 Å². The van der Waals surface area contributed by atoms with Crippen LogP contribution in [0.2, 0.25) is 5.02 Å². The summed E-state index contributed by atoms with van der Waals surface area (Å²) in [5.74, 6) is -0.609. The Kier molecular flexibility index (Phi) is 4.09. The lowest BCUT2D eigenvalue weighted by Crippen LogP contribution is -2.38. The molecule has 98 valence electrons. The number of aliphatic carboxylic acids is 1. The summed E-state index contributed by atoms with van der Waals surface area (Å²) in [6.45, 7) is 2.86. The van der Waals surface area contributed by atoms with Crippen LogP contribution in [0.4, 0.5) is 0 Å². The fourth-order valence-corrected chi connectivity index (χ4v) is 1.92. The fraction of sp³-hybridized carbons (Fsp3) is 0.462. The third-order valence-electron chi connectivity index (χ3n) is 2.86. The molecule has 1 N–H and O–H groups in total. The highest BCUT2D eigenvalue weighted by atomic mass is 35.5. The Bertz CT molecular complexity index is 443. The van der Waals surface area contributed by atoms with Crippen molar-refractivity contribution in [3.8, 4) is 5.75 Å². The number of halogens is 1. The lowest BCUT2D eigenvalue weighted by molar-refractivity contribution is -0.141. The summed E-state index contributed by atoms with van der Waals surface area (Å²) in [6, 6.07) is 5.39. The molecule has 1 unspecified atom stereocenters. The van der Waals surface area contributed by atoms with Gasteiger partial charge in [0.15, 0.2) is 0 Å². The molecule has 0 spiro atoms. The van der Waals surface area contributed by atoms with Crippen LogP contribution in [0.3, 0.4) is 0 Å². The molecule has 4 nitrogen and oxygen atoms in total. The quantitative estimate of drug-likeness (QED) is 0.893. The topological polar surface area (TPSA) is 55.8 Å². The predicted octanol–water partition coefficient (Wildman–Crippen LogP) is 2.38. The minimum Gasteiger partial charge on any atom is -0.484 e. The summed E-state index contributed by atoms with van der Waals surface area (Å²) < 4.78 is 10.6. The first-order chi connectivity index (χ1) is 8.56. The Hall–Kier alpha value is -1.26. The molecule has 1 aliphatic heterocycles. The molecule has 1 fully saturated rings. The lowest BCUT2D eigenvalue weighted by atomic mass is 10.0. The number of ether oxygens (including phenoxy) is 2. The second kappa shape index (κ2) is 5.59. The van der Waals surface area contributed by atoms with Gasteiger partial charge in [-0.3, -0.25) is 4.79 Å². The van der Waals surface area contributed by atoms with Crippen molar-refractivity contribution in [1.82, 2.24) is 0 Å². The fourth-order valence-electron chi connectivity index (χ4n) is 1.67. The van der Waals surface area contributed by atoms with Crippen LogP contribution in [0, 0.1) is 5.92 Å². The van der Waals surface area contributed by atoms with Crippen molar-refractivity contribution in [3.63, 3.8) is 0 Å². The van der Waals surface area contributed by atoms with Crippen molar-refractivity contribution in [3.05, 3.63) is 28.8 Å². The van der Waals surface area contributed by atoms with E-state index in [9.17, 15) is 4.79 Å². The highest BCUT2D eigenvalue weighted by Gasteiger charge is 2.21. The molecular weight excluding hydrogens is 256 g/mol.